The Morgan fingerprint density at radius 2 is 1.59 bits per heavy atom. The van der Waals surface area contributed by atoms with E-state index < -0.39 is 6.09 Å². The highest BCUT2D eigenvalue weighted by molar-refractivity contribution is 6.04. The number of carbonyl (C=O) groups excluding carboxylic acids is 1. The summed E-state index contributed by atoms with van der Waals surface area (Å²) in [4.78, 5) is 11.9. The summed E-state index contributed by atoms with van der Waals surface area (Å²) in [5.74, 6) is 1.13. The van der Waals surface area contributed by atoms with Crippen molar-refractivity contribution in [2.45, 2.75) is 45.4 Å². The lowest BCUT2D eigenvalue weighted by molar-refractivity contribution is 0.206. The van der Waals surface area contributed by atoms with Gasteiger partial charge >= 0.3 is 6.09 Å². The zero-order valence-electron chi connectivity index (χ0n) is 15.8. The van der Waals surface area contributed by atoms with E-state index in [0.29, 0.717) is 17.9 Å². The first-order chi connectivity index (χ1) is 13.2. The van der Waals surface area contributed by atoms with E-state index in [4.69, 9.17) is 14.9 Å². The second-order valence-corrected chi connectivity index (χ2v) is 6.27. The lowest BCUT2D eigenvalue weighted by Crippen LogP contribution is -2.32. The van der Waals surface area contributed by atoms with Crippen LogP contribution in [0.3, 0.4) is 0 Å². The van der Waals surface area contributed by atoms with Gasteiger partial charge in [-0.05, 0) is 36.8 Å². The van der Waals surface area contributed by atoms with Crippen LogP contribution in [0, 0.1) is 11.5 Å². The molecule has 0 unspecified atom stereocenters. The van der Waals surface area contributed by atoms with Gasteiger partial charge in [0.05, 0.1) is 6.61 Å². The Kier molecular flexibility index (Phi) is 8.90. The normalized spacial score (nSPS) is 10.3. The number of carbonyl (C=O) groups is 1. The zero-order chi connectivity index (χ0) is 19.3. The largest absolute Gasteiger partial charge is 0.494 e. The van der Waals surface area contributed by atoms with Gasteiger partial charge in [0.1, 0.15) is 17.3 Å². The molecule has 0 aliphatic heterocycles. The standard InChI is InChI=1S/C22H27N2O3/c1-2-3-4-5-6-10-17-26-19-13-15-20(16-14-19)27-22(25)24-21(23)18-11-8-7-9-12-18/h8-9,11-16H,2-6,10,17H2,1H3,(H2,23,24,25). The summed E-state index contributed by atoms with van der Waals surface area (Å²) < 4.78 is 10.9. The summed E-state index contributed by atoms with van der Waals surface area (Å²) in [5, 5.41) is 10.3. The molecule has 5 nitrogen and oxygen atoms in total. The Morgan fingerprint density at radius 1 is 0.963 bits per heavy atom. The van der Waals surface area contributed by atoms with Gasteiger partial charge in [-0.15, -0.1) is 0 Å². The summed E-state index contributed by atoms with van der Waals surface area (Å²) in [6, 6.07) is 16.5. The van der Waals surface area contributed by atoms with Crippen molar-refractivity contribution in [1.29, 1.82) is 5.41 Å². The zero-order valence-corrected chi connectivity index (χ0v) is 15.8. The number of nitrogens with one attached hydrogen (secondary N) is 2. The number of amides is 1. The van der Waals surface area contributed by atoms with Crippen LogP contribution in [0.25, 0.3) is 0 Å². The molecule has 0 heterocycles. The molecule has 2 N–H and O–H groups in total. The maximum absolute atomic E-state index is 11.9. The maximum Gasteiger partial charge on any atom is 0.418 e. The van der Waals surface area contributed by atoms with Gasteiger partial charge in [0, 0.05) is 5.56 Å². The lowest BCUT2D eigenvalue weighted by atomic mass is 10.1. The third-order valence-corrected chi connectivity index (χ3v) is 4.03. The van der Waals surface area contributed by atoms with Crippen LogP contribution in [0.1, 0.15) is 51.0 Å². The van der Waals surface area contributed by atoms with Gasteiger partial charge in [-0.25, -0.2) is 4.79 Å². The predicted octanol–water partition coefficient (Wildman–Crippen LogP) is 5.34. The molecule has 0 spiro atoms. The molecule has 0 atom stereocenters. The van der Waals surface area contributed by atoms with Crippen LogP contribution in [-0.4, -0.2) is 18.5 Å². The molecule has 27 heavy (non-hydrogen) atoms. The van der Waals surface area contributed by atoms with Crippen LogP contribution in [0.15, 0.2) is 48.5 Å². The van der Waals surface area contributed by atoms with Gasteiger partial charge in [0.15, 0.2) is 0 Å². The molecular formula is C22H27N2O3. The molecule has 5 heteroatoms. The predicted molar refractivity (Wildman–Crippen MR) is 107 cm³/mol. The molecule has 1 amide bonds. The first kappa shape index (κ1) is 20.5. The SMILES string of the molecule is CCCCCCCCOc1ccc(OC(=O)NC(=N)c2cc[c]cc2)cc1. The molecule has 2 aromatic carbocycles. The number of ether oxygens (including phenoxy) is 2. The van der Waals surface area contributed by atoms with Crippen molar-refractivity contribution in [2.75, 3.05) is 6.61 Å². The summed E-state index contributed by atoms with van der Waals surface area (Å²) in [7, 11) is 0. The van der Waals surface area contributed by atoms with Crippen LogP contribution in [0.2, 0.25) is 0 Å². The Hall–Kier alpha value is -2.82. The third-order valence-electron chi connectivity index (χ3n) is 4.03. The highest BCUT2D eigenvalue weighted by atomic mass is 16.6. The highest BCUT2D eigenvalue weighted by Crippen LogP contribution is 2.18. The average Bonchev–Trinajstić information content (AvgIpc) is 2.69. The van der Waals surface area contributed by atoms with Gasteiger partial charge in [-0.2, -0.15) is 0 Å². The summed E-state index contributed by atoms with van der Waals surface area (Å²) >= 11 is 0. The average molecular weight is 367 g/mol. The van der Waals surface area contributed by atoms with Crippen molar-refractivity contribution >= 4 is 11.9 Å². The first-order valence-electron chi connectivity index (χ1n) is 9.46. The number of rotatable bonds is 10. The molecule has 0 aliphatic carbocycles. The summed E-state index contributed by atoms with van der Waals surface area (Å²) in [6.45, 7) is 2.91. The van der Waals surface area contributed by atoms with Gasteiger partial charge in [0.25, 0.3) is 0 Å². The topological polar surface area (TPSA) is 71.4 Å². The fourth-order valence-electron chi connectivity index (χ4n) is 2.54. The Balaban J connectivity index is 1.68. The van der Waals surface area contributed by atoms with E-state index in [1.54, 1.807) is 48.5 Å². The van der Waals surface area contributed by atoms with Crippen LogP contribution < -0.4 is 14.8 Å². The fraction of sp³-hybridized carbons (Fsp3) is 0.364. The van der Waals surface area contributed by atoms with Gasteiger partial charge in [-0.3, -0.25) is 10.7 Å². The molecule has 0 saturated heterocycles. The van der Waals surface area contributed by atoms with E-state index in [2.05, 4.69) is 18.3 Å². The van der Waals surface area contributed by atoms with E-state index in [-0.39, 0.29) is 5.84 Å². The monoisotopic (exact) mass is 367 g/mol. The smallest absolute Gasteiger partial charge is 0.418 e. The molecule has 0 bridgehead atoms. The highest BCUT2D eigenvalue weighted by Gasteiger charge is 2.09. The number of hydrogen-bond acceptors (Lipinski definition) is 4. The van der Waals surface area contributed by atoms with Crippen molar-refractivity contribution in [3.63, 3.8) is 0 Å². The number of unbranched alkanes of at least 4 members (excludes halogenated alkanes) is 5. The third kappa shape index (κ3) is 7.94. The molecule has 2 aromatic rings. The van der Waals surface area contributed by atoms with Crippen LogP contribution in [-0.2, 0) is 0 Å². The lowest BCUT2D eigenvalue weighted by Gasteiger charge is -2.09. The molecule has 0 aromatic heterocycles. The molecule has 1 radical (unpaired) electrons. The second-order valence-electron chi connectivity index (χ2n) is 6.27. The quantitative estimate of drug-likeness (QED) is 0.338. The Bertz CT molecular complexity index is 699. The van der Waals surface area contributed by atoms with E-state index in [9.17, 15) is 4.79 Å². The van der Waals surface area contributed by atoms with Crippen molar-refractivity contribution in [2.24, 2.45) is 0 Å². The van der Waals surface area contributed by atoms with E-state index in [1.165, 1.54) is 32.1 Å². The number of benzene rings is 2. The van der Waals surface area contributed by atoms with Gasteiger partial charge in [-0.1, -0.05) is 63.3 Å². The molecular weight excluding hydrogens is 340 g/mol. The van der Waals surface area contributed by atoms with Gasteiger partial charge < -0.3 is 9.47 Å². The minimum Gasteiger partial charge on any atom is -0.494 e. The molecule has 0 saturated carbocycles. The van der Waals surface area contributed by atoms with Crippen LogP contribution in [0.5, 0.6) is 11.5 Å². The Morgan fingerprint density at radius 3 is 2.30 bits per heavy atom. The molecule has 0 aliphatic rings. The van der Waals surface area contributed by atoms with E-state index in [0.717, 1.165) is 12.2 Å². The van der Waals surface area contributed by atoms with Gasteiger partial charge in [0.2, 0.25) is 0 Å². The van der Waals surface area contributed by atoms with E-state index in [1.807, 2.05) is 0 Å². The van der Waals surface area contributed by atoms with Crippen molar-refractivity contribution in [3.8, 4) is 11.5 Å². The van der Waals surface area contributed by atoms with Crippen molar-refractivity contribution < 1.29 is 14.3 Å². The van der Waals surface area contributed by atoms with Crippen LogP contribution >= 0.6 is 0 Å². The molecule has 0 fully saturated rings. The fourth-order valence-corrected chi connectivity index (χ4v) is 2.54. The maximum atomic E-state index is 11.9. The first-order valence-corrected chi connectivity index (χ1v) is 9.46. The minimum absolute atomic E-state index is 0.0205. The summed E-state index contributed by atoms with van der Waals surface area (Å²) in [5.41, 5.74) is 0.587. The molecule has 2 rings (SSSR count). The number of hydrogen-bond donors (Lipinski definition) is 2. The van der Waals surface area contributed by atoms with Crippen molar-refractivity contribution in [3.05, 3.63) is 60.2 Å². The molecule has 143 valence electrons. The van der Waals surface area contributed by atoms with Crippen molar-refractivity contribution in [1.82, 2.24) is 5.32 Å². The minimum atomic E-state index is -0.700. The van der Waals surface area contributed by atoms with Crippen LogP contribution in [0.4, 0.5) is 4.79 Å². The summed E-state index contributed by atoms with van der Waals surface area (Å²) in [6.07, 6.45) is 6.65. The van der Waals surface area contributed by atoms with E-state index >= 15 is 0 Å². The Labute approximate surface area is 161 Å². The second kappa shape index (κ2) is 11.7. The number of amidine groups is 1.